The van der Waals surface area contributed by atoms with Crippen molar-refractivity contribution >= 4 is 22.7 Å². The summed E-state index contributed by atoms with van der Waals surface area (Å²) >= 11 is 0. The van der Waals surface area contributed by atoms with Crippen molar-refractivity contribution in [2.45, 2.75) is 53.1 Å². The number of anilines is 1. The summed E-state index contributed by atoms with van der Waals surface area (Å²) < 4.78 is 5.72. The topological polar surface area (TPSA) is 58.4 Å². The number of aromatic nitrogens is 1. The lowest BCUT2D eigenvalue weighted by molar-refractivity contribution is 0.102. The van der Waals surface area contributed by atoms with Gasteiger partial charge in [-0.15, -0.1) is 0 Å². The number of nitrogens with one attached hydrogen (secondary N) is 1. The first-order valence-corrected chi connectivity index (χ1v) is 9.92. The summed E-state index contributed by atoms with van der Waals surface area (Å²) in [6.45, 7) is 12.5. The predicted molar refractivity (Wildman–Crippen MR) is 114 cm³/mol. The normalized spacial score (nSPS) is 11.7. The van der Waals surface area contributed by atoms with Gasteiger partial charge in [0.25, 0.3) is 5.91 Å². The number of nitrogens with zero attached hydrogens (tertiary/aromatic N) is 2. The molecule has 0 radical (unpaired) electrons. The number of benzene rings is 2. The molecule has 5 nitrogen and oxygen atoms in total. The van der Waals surface area contributed by atoms with E-state index >= 15 is 0 Å². The molecular formula is C23H29N3O2. The number of oxazole rings is 1. The van der Waals surface area contributed by atoms with Crippen LogP contribution in [0.4, 0.5) is 5.69 Å². The molecule has 5 heteroatoms. The van der Waals surface area contributed by atoms with Crippen molar-refractivity contribution in [2.24, 2.45) is 0 Å². The molecule has 148 valence electrons. The molecule has 0 fully saturated rings. The van der Waals surface area contributed by atoms with Crippen molar-refractivity contribution < 1.29 is 9.21 Å². The van der Waals surface area contributed by atoms with Crippen LogP contribution in [-0.4, -0.2) is 28.4 Å². The van der Waals surface area contributed by atoms with E-state index in [0.717, 1.165) is 24.2 Å². The summed E-state index contributed by atoms with van der Waals surface area (Å²) in [7, 11) is 0. The maximum Gasteiger partial charge on any atom is 0.255 e. The fourth-order valence-corrected chi connectivity index (χ4v) is 3.13. The first kappa shape index (κ1) is 20.1. The number of amides is 1. The van der Waals surface area contributed by atoms with Gasteiger partial charge in [0.2, 0.25) is 0 Å². The van der Waals surface area contributed by atoms with E-state index in [-0.39, 0.29) is 11.8 Å². The van der Waals surface area contributed by atoms with Crippen molar-refractivity contribution in [1.29, 1.82) is 0 Å². The molecule has 1 heterocycles. The van der Waals surface area contributed by atoms with Gasteiger partial charge >= 0.3 is 0 Å². The Morgan fingerprint density at radius 2 is 1.82 bits per heavy atom. The van der Waals surface area contributed by atoms with Crippen LogP contribution in [0, 0.1) is 0 Å². The van der Waals surface area contributed by atoms with Gasteiger partial charge in [0.15, 0.2) is 11.5 Å². The van der Waals surface area contributed by atoms with Crippen LogP contribution in [0.5, 0.6) is 0 Å². The largest absolute Gasteiger partial charge is 0.440 e. The van der Waals surface area contributed by atoms with E-state index < -0.39 is 0 Å². The summed E-state index contributed by atoms with van der Waals surface area (Å²) in [5.74, 6) is 0.801. The average Bonchev–Trinajstić information content (AvgIpc) is 3.10. The molecule has 0 aliphatic carbocycles. The highest BCUT2D eigenvalue weighted by atomic mass is 16.3. The fraction of sp³-hybridized carbons (Fsp3) is 0.391. The third kappa shape index (κ3) is 4.60. The van der Waals surface area contributed by atoms with E-state index in [1.807, 2.05) is 56.3 Å². The van der Waals surface area contributed by atoms with Crippen LogP contribution >= 0.6 is 0 Å². The van der Waals surface area contributed by atoms with Gasteiger partial charge in [-0.1, -0.05) is 32.9 Å². The quantitative estimate of drug-likeness (QED) is 0.594. The molecule has 0 bridgehead atoms. The molecule has 0 saturated carbocycles. The molecule has 1 amide bonds. The van der Waals surface area contributed by atoms with Crippen LogP contribution in [-0.2, 0) is 6.54 Å². The Bertz CT molecular complexity index is 942. The van der Waals surface area contributed by atoms with Crippen LogP contribution < -0.4 is 5.32 Å². The van der Waals surface area contributed by atoms with Gasteiger partial charge in [-0.2, -0.15) is 0 Å². The molecule has 3 aromatic rings. The highest BCUT2D eigenvalue weighted by Gasteiger charge is 2.12. The lowest BCUT2D eigenvalue weighted by Crippen LogP contribution is -2.29. The molecule has 0 atom stereocenters. The Morgan fingerprint density at radius 3 is 2.43 bits per heavy atom. The van der Waals surface area contributed by atoms with E-state index in [4.69, 9.17) is 4.42 Å². The minimum absolute atomic E-state index is 0.130. The Hall–Kier alpha value is -2.66. The van der Waals surface area contributed by atoms with E-state index in [0.29, 0.717) is 23.2 Å². The summed E-state index contributed by atoms with van der Waals surface area (Å²) in [6, 6.07) is 13.8. The second kappa shape index (κ2) is 8.57. The smallest absolute Gasteiger partial charge is 0.255 e. The zero-order valence-corrected chi connectivity index (χ0v) is 17.3. The van der Waals surface area contributed by atoms with E-state index in [9.17, 15) is 4.79 Å². The number of fused-ring (bicyclic) bond motifs is 1. The van der Waals surface area contributed by atoms with Crippen molar-refractivity contribution in [3.63, 3.8) is 0 Å². The average molecular weight is 380 g/mol. The van der Waals surface area contributed by atoms with E-state index in [1.165, 1.54) is 5.56 Å². The zero-order valence-electron chi connectivity index (χ0n) is 17.3. The van der Waals surface area contributed by atoms with Crippen LogP contribution in [0.25, 0.3) is 11.1 Å². The van der Waals surface area contributed by atoms with Gasteiger partial charge in [0, 0.05) is 29.8 Å². The maximum atomic E-state index is 12.6. The third-order valence-electron chi connectivity index (χ3n) is 4.89. The lowest BCUT2D eigenvalue weighted by Gasteiger charge is -2.24. The molecule has 1 N–H and O–H groups in total. The third-order valence-corrected chi connectivity index (χ3v) is 4.89. The highest BCUT2D eigenvalue weighted by molar-refractivity contribution is 6.04. The maximum absolute atomic E-state index is 12.6. The highest BCUT2D eigenvalue weighted by Crippen LogP contribution is 2.24. The Balaban J connectivity index is 1.69. The van der Waals surface area contributed by atoms with Crippen molar-refractivity contribution in [3.05, 3.63) is 59.5 Å². The standard InChI is InChI=1S/C23H29N3O2/c1-6-26(16(4)5)14-17-7-9-18(10-8-17)22(27)24-19-11-12-21-20(13-19)25-23(28-21)15(2)3/h7-13,15-16H,6,14H2,1-5H3,(H,24,27). The summed E-state index contributed by atoms with van der Waals surface area (Å²) in [5, 5.41) is 2.95. The second-order valence-corrected chi connectivity index (χ2v) is 7.70. The molecule has 0 saturated heterocycles. The number of carbonyl (C=O) groups is 1. The van der Waals surface area contributed by atoms with Gasteiger partial charge in [-0.3, -0.25) is 9.69 Å². The van der Waals surface area contributed by atoms with Crippen LogP contribution in [0.1, 0.15) is 62.3 Å². The number of hydrogen-bond acceptors (Lipinski definition) is 4. The Labute approximate surface area is 166 Å². The number of rotatable bonds is 7. The van der Waals surface area contributed by atoms with E-state index in [2.05, 4.69) is 36.0 Å². The van der Waals surface area contributed by atoms with Crippen LogP contribution in [0.15, 0.2) is 46.9 Å². The number of carbonyl (C=O) groups excluding carboxylic acids is 1. The molecule has 2 aromatic carbocycles. The molecule has 0 unspecified atom stereocenters. The minimum Gasteiger partial charge on any atom is -0.440 e. The second-order valence-electron chi connectivity index (χ2n) is 7.70. The molecule has 3 rings (SSSR count). The first-order valence-electron chi connectivity index (χ1n) is 9.92. The van der Waals surface area contributed by atoms with Gasteiger partial charge in [-0.05, 0) is 56.3 Å². The number of hydrogen-bond donors (Lipinski definition) is 1. The zero-order chi connectivity index (χ0) is 20.3. The van der Waals surface area contributed by atoms with Gasteiger partial charge < -0.3 is 9.73 Å². The molecule has 1 aromatic heterocycles. The monoisotopic (exact) mass is 379 g/mol. The van der Waals surface area contributed by atoms with E-state index in [1.54, 1.807) is 0 Å². The molecule has 0 aliphatic rings. The summed E-state index contributed by atoms with van der Waals surface area (Å²) in [6.07, 6.45) is 0. The van der Waals surface area contributed by atoms with Crippen LogP contribution in [0.3, 0.4) is 0 Å². The molecule has 28 heavy (non-hydrogen) atoms. The van der Waals surface area contributed by atoms with Crippen molar-refractivity contribution in [3.8, 4) is 0 Å². The van der Waals surface area contributed by atoms with Gasteiger partial charge in [0.05, 0.1) is 0 Å². The van der Waals surface area contributed by atoms with Gasteiger partial charge in [0.1, 0.15) is 5.52 Å². The molecular weight excluding hydrogens is 350 g/mol. The lowest BCUT2D eigenvalue weighted by atomic mass is 10.1. The minimum atomic E-state index is -0.130. The fourth-order valence-electron chi connectivity index (χ4n) is 3.13. The SMILES string of the molecule is CCN(Cc1ccc(C(=O)Nc2ccc3oc(C(C)C)nc3c2)cc1)C(C)C. The Kier molecular flexibility index (Phi) is 6.15. The molecule has 0 aliphatic heterocycles. The summed E-state index contributed by atoms with van der Waals surface area (Å²) in [5.41, 5.74) is 4.04. The predicted octanol–water partition coefficient (Wildman–Crippen LogP) is 5.43. The Morgan fingerprint density at radius 1 is 1.11 bits per heavy atom. The first-order chi connectivity index (χ1) is 13.4. The summed E-state index contributed by atoms with van der Waals surface area (Å²) in [4.78, 5) is 19.5. The van der Waals surface area contributed by atoms with Gasteiger partial charge in [-0.25, -0.2) is 4.98 Å². The van der Waals surface area contributed by atoms with Crippen molar-refractivity contribution in [1.82, 2.24) is 9.88 Å². The molecule has 0 spiro atoms. The van der Waals surface area contributed by atoms with Crippen molar-refractivity contribution in [2.75, 3.05) is 11.9 Å². The van der Waals surface area contributed by atoms with Crippen LogP contribution in [0.2, 0.25) is 0 Å².